The molecule has 0 aliphatic carbocycles. The van der Waals surface area contributed by atoms with Gasteiger partial charge in [0.2, 0.25) is 0 Å². The van der Waals surface area contributed by atoms with Gasteiger partial charge in [0.05, 0.1) is 19.0 Å². The number of aromatic nitrogens is 2. The molecule has 84 valence electrons. The first-order valence-electron chi connectivity index (χ1n) is 5.15. The SMILES string of the molecule is CCCNc1cncc(NCCOC)n1. The number of hydrogen-bond acceptors (Lipinski definition) is 5. The molecule has 0 aliphatic rings. The van der Waals surface area contributed by atoms with Crippen LogP contribution in [0.4, 0.5) is 11.6 Å². The van der Waals surface area contributed by atoms with Crippen LogP contribution in [0.5, 0.6) is 0 Å². The van der Waals surface area contributed by atoms with Crippen LogP contribution in [0, 0.1) is 0 Å². The molecule has 5 heteroatoms. The predicted molar refractivity (Wildman–Crippen MR) is 61.2 cm³/mol. The Hall–Kier alpha value is -1.36. The summed E-state index contributed by atoms with van der Waals surface area (Å²) in [7, 11) is 1.67. The lowest BCUT2D eigenvalue weighted by atomic mass is 10.5. The first-order chi connectivity index (χ1) is 7.36. The summed E-state index contributed by atoms with van der Waals surface area (Å²) < 4.78 is 4.93. The van der Waals surface area contributed by atoms with Gasteiger partial charge in [0.25, 0.3) is 0 Å². The Balaban J connectivity index is 2.42. The molecule has 0 unspecified atom stereocenters. The van der Waals surface area contributed by atoms with Gasteiger partial charge < -0.3 is 15.4 Å². The fourth-order valence-electron chi connectivity index (χ4n) is 1.07. The molecule has 1 aromatic rings. The van der Waals surface area contributed by atoms with Crippen molar-refractivity contribution in [3.63, 3.8) is 0 Å². The number of methoxy groups -OCH3 is 1. The van der Waals surface area contributed by atoms with Crippen LogP contribution in [0.3, 0.4) is 0 Å². The minimum absolute atomic E-state index is 0.661. The zero-order valence-corrected chi connectivity index (χ0v) is 9.29. The van der Waals surface area contributed by atoms with Crippen LogP contribution in [-0.4, -0.2) is 36.8 Å². The molecule has 0 aliphatic heterocycles. The molecule has 1 heterocycles. The molecule has 1 rings (SSSR count). The van der Waals surface area contributed by atoms with Crippen molar-refractivity contribution in [1.82, 2.24) is 9.97 Å². The van der Waals surface area contributed by atoms with Gasteiger partial charge in [-0.15, -0.1) is 0 Å². The highest BCUT2D eigenvalue weighted by Gasteiger charge is 1.96. The van der Waals surface area contributed by atoms with Crippen molar-refractivity contribution in [1.29, 1.82) is 0 Å². The summed E-state index contributed by atoms with van der Waals surface area (Å²) in [6.07, 6.45) is 4.49. The average Bonchev–Trinajstić information content (AvgIpc) is 2.27. The van der Waals surface area contributed by atoms with Gasteiger partial charge in [-0.3, -0.25) is 4.98 Å². The minimum Gasteiger partial charge on any atom is -0.383 e. The van der Waals surface area contributed by atoms with Crippen molar-refractivity contribution in [2.75, 3.05) is 37.4 Å². The molecule has 0 amide bonds. The van der Waals surface area contributed by atoms with Gasteiger partial charge in [-0.05, 0) is 6.42 Å². The van der Waals surface area contributed by atoms with Gasteiger partial charge in [-0.1, -0.05) is 6.92 Å². The van der Waals surface area contributed by atoms with E-state index >= 15 is 0 Å². The van der Waals surface area contributed by atoms with Gasteiger partial charge in [0.15, 0.2) is 0 Å². The number of nitrogens with zero attached hydrogens (tertiary/aromatic N) is 2. The molecule has 0 radical (unpaired) electrons. The van der Waals surface area contributed by atoms with Crippen molar-refractivity contribution in [2.24, 2.45) is 0 Å². The number of ether oxygens (including phenoxy) is 1. The third kappa shape index (κ3) is 4.60. The van der Waals surface area contributed by atoms with E-state index in [2.05, 4.69) is 27.5 Å². The molecule has 0 saturated heterocycles. The lowest BCUT2D eigenvalue weighted by molar-refractivity contribution is 0.210. The Labute approximate surface area is 90.3 Å². The van der Waals surface area contributed by atoms with Crippen LogP contribution in [0.2, 0.25) is 0 Å². The van der Waals surface area contributed by atoms with Crippen molar-refractivity contribution in [2.45, 2.75) is 13.3 Å². The molecule has 0 saturated carbocycles. The first-order valence-corrected chi connectivity index (χ1v) is 5.15. The Morgan fingerprint density at radius 1 is 1.20 bits per heavy atom. The summed E-state index contributed by atoms with van der Waals surface area (Å²) in [5, 5.41) is 6.30. The summed E-state index contributed by atoms with van der Waals surface area (Å²) in [5.41, 5.74) is 0. The van der Waals surface area contributed by atoms with Crippen molar-refractivity contribution >= 4 is 11.6 Å². The smallest absolute Gasteiger partial charge is 0.147 e. The van der Waals surface area contributed by atoms with Gasteiger partial charge in [-0.2, -0.15) is 0 Å². The molecule has 5 nitrogen and oxygen atoms in total. The second-order valence-electron chi connectivity index (χ2n) is 3.14. The molecule has 1 aromatic heterocycles. The standard InChI is InChI=1S/C10H18N4O/c1-3-4-12-9-7-11-8-10(14-9)13-5-6-15-2/h7-8H,3-6H2,1-2H3,(H2,12,13,14). The van der Waals surface area contributed by atoms with E-state index in [1.807, 2.05) is 0 Å². The zero-order chi connectivity index (χ0) is 10.9. The normalized spacial score (nSPS) is 10.0. The number of anilines is 2. The maximum absolute atomic E-state index is 4.93. The Kier molecular flexibility index (Phi) is 5.47. The summed E-state index contributed by atoms with van der Waals surface area (Å²) in [5.74, 6) is 1.58. The molecule has 0 spiro atoms. The first kappa shape index (κ1) is 11.7. The second-order valence-corrected chi connectivity index (χ2v) is 3.14. The highest BCUT2D eigenvalue weighted by molar-refractivity contribution is 5.41. The maximum Gasteiger partial charge on any atom is 0.147 e. The molecule has 15 heavy (non-hydrogen) atoms. The molecule has 0 fully saturated rings. The van der Waals surface area contributed by atoms with Crippen molar-refractivity contribution in [3.05, 3.63) is 12.4 Å². The van der Waals surface area contributed by atoms with Crippen LogP contribution in [-0.2, 0) is 4.74 Å². The lowest BCUT2D eigenvalue weighted by Gasteiger charge is -2.07. The molecule has 0 atom stereocenters. The zero-order valence-electron chi connectivity index (χ0n) is 9.29. The van der Waals surface area contributed by atoms with Crippen LogP contribution in [0.1, 0.15) is 13.3 Å². The van der Waals surface area contributed by atoms with Crippen LogP contribution >= 0.6 is 0 Å². The molecule has 0 aromatic carbocycles. The van der Waals surface area contributed by atoms with Gasteiger partial charge >= 0.3 is 0 Å². The van der Waals surface area contributed by atoms with E-state index in [0.29, 0.717) is 6.61 Å². The summed E-state index contributed by atoms with van der Waals surface area (Å²) in [4.78, 5) is 8.43. The van der Waals surface area contributed by atoms with E-state index in [0.717, 1.165) is 31.1 Å². The van der Waals surface area contributed by atoms with E-state index in [1.54, 1.807) is 19.5 Å². The number of rotatable bonds is 7. The number of hydrogen-bond donors (Lipinski definition) is 2. The van der Waals surface area contributed by atoms with E-state index in [1.165, 1.54) is 0 Å². The predicted octanol–water partition coefficient (Wildman–Crippen LogP) is 1.36. The fourth-order valence-corrected chi connectivity index (χ4v) is 1.07. The van der Waals surface area contributed by atoms with E-state index in [9.17, 15) is 0 Å². The minimum atomic E-state index is 0.661. The third-order valence-electron chi connectivity index (χ3n) is 1.80. The molecular weight excluding hydrogens is 192 g/mol. The monoisotopic (exact) mass is 210 g/mol. The summed E-state index contributed by atoms with van der Waals surface area (Å²) in [6, 6.07) is 0. The highest BCUT2D eigenvalue weighted by atomic mass is 16.5. The molecule has 2 N–H and O–H groups in total. The Morgan fingerprint density at radius 2 is 1.87 bits per heavy atom. The quantitative estimate of drug-likeness (QED) is 0.665. The van der Waals surface area contributed by atoms with Crippen LogP contribution < -0.4 is 10.6 Å². The van der Waals surface area contributed by atoms with E-state index < -0.39 is 0 Å². The lowest BCUT2D eigenvalue weighted by Crippen LogP contribution is -2.10. The largest absolute Gasteiger partial charge is 0.383 e. The average molecular weight is 210 g/mol. The van der Waals surface area contributed by atoms with Gasteiger partial charge in [0.1, 0.15) is 11.6 Å². The fraction of sp³-hybridized carbons (Fsp3) is 0.600. The number of nitrogens with one attached hydrogen (secondary N) is 2. The maximum atomic E-state index is 4.93. The third-order valence-corrected chi connectivity index (χ3v) is 1.80. The molecular formula is C10H18N4O. The molecule has 0 bridgehead atoms. The Bertz CT molecular complexity index is 280. The highest BCUT2D eigenvalue weighted by Crippen LogP contribution is 2.05. The second kappa shape index (κ2) is 7.00. The Morgan fingerprint density at radius 3 is 2.47 bits per heavy atom. The van der Waals surface area contributed by atoms with E-state index in [-0.39, 0.29) is 0 Å². The topological polar surface area (TPSA) is 59.1 Å². The van der Waals surface area contributed by atoms with Gasteiger partial charge in [-0.25, -0.2) is 4.98 Å². The van der Waals surface area contributed by atoms with E-state index in [4.69, 9.17) is 4.74 Å². The van der Waals surface area contributed by atoms with Crippen molar-refractivity contribution < 1.29 is 4.74 Å². The van der Waals surface area contributed by atoms with Crippen molar-refractivity contribution in [3.8, 4) is 0 Å². The van der Waals surface area contributed by atoms with Gasteiger partial charge in [0, 0.05) is 20.2 Å². The van der Waals surface area contributed by atoms with Crippen LogP contribution in [0.15, 0.2) is 12.4 Å². The van der Waals surface area contributed by atoms with Crippen LogP contribution in [0.25, 0.3) is 0 Å². The summed E-state index contributed by atoms with van der Waals surface area (Å²) >= 11 is 0. The summed E-state index contributed by atoms with van der Waals surface area (Å²) in [6.45, 7) is 4.42.